The van der Waals surface area contributed by atoms with Crippen LogP contribution in [0.5, 0.6) is 0 Å². The Morgan fingerprint density at radius 3 is 2.68 bits per heavy atom. The largest absolute Gasteiger partial charge is 0.273 e. The molecule has 0 spiro atoms. The molecule has 0 aromatic heterocycles. The highest BCUT2D eigenvalue weighted by Crippen LogP contribution is 2.20. The predicted octanol–water partition coefficient (Wildman–Crippen LogP) is 1.70. The van der Waals surface area contributed by atoms with Crippen LogP contribution in [-0.4, -0.2) is 22.5 Å². The van der Waals surface area contributed by atoms with Gasteiger partial charge in [-0.2, -0.15) is 4.99 Å². The van der Waals surface area contributed by atoms with Gasteiger partial charge in [-0.3, -0.25) is 14.5 Å². The van der Waals surface area contributed by atoms with Crippen molar-refractivity contribution in [3.05, 3.63) is 60.3 Å². The Balaban J connectivity index is 1.89. The van der Waals surface area contributed by atoms with Crippen LogP contribution in [0, 0.1) is 5.92 Å². The molecule has 3 rings (SSSR count). The zero-order valence-corrected chi connectivity index (χ0v) is 10.2. The predicted molar refractivity (Wildman–Crippen MR) is 71.2 cm³/mol. The van der Waals surface area contributed by atoms with Gasteiger partial charge in [0.15, 0.2) is 0 Å². The molecule has 2 aliphatic heterocycles. The Hall–Kier alpha value is -2.49. The minimum atomic E-state index is -0.720. The van der Waals surface area contributed by atoms with E-state index in [-0.39, 0.29) is 11.8 Å². The van der Waals surface area contributed by atoms with Gasteiger partial charge < -0.3 is 0 Å². The van der Waals surface area contributed by atoms with Crippen LogP contribution in [0.4, 0.5) is 0 Å². The van der Waals surface area contributed by atoms with Crippen LogP contribution in [-0.2, 0) is 16.0 Å². The highest BCUT2D eigenvalue weighted by molar-refractivity contribution is 6.19. The van der Waals surface area contributed by atoms with Gasteiger partial charge in [-0.15, -0.1) is 0 Å². The summed E-state index contributed by atoms with van der Waals surface area (Å²) in [4.78, 5) is 29.7. The first-order chi connectivity index (χ1) is 9.25. The second kappa shape index (κ2) is 4.65. The van der Waals surface area contributed by atoms with E-state index in [2.05, 4.69) is 4.99 Å². The number of nitrogens with zero attached hydrogens (tertiary/aromatic N) is 2. The van der Waals surface area contributed by atoms with Crippen molar-refractivity contribution >= 4 is 17.6 Å². The summed E-state index contributed by atoms with van der Waals surface area (Å²) in [6.07, 6.45) is 7.21. The summed E-state index contributed by atoms with van der Waals surface area (Å²) in [5, 5.41) is 0. The van der Waals surface area contributed by atoms with Gasteiger partial charge in [0.2, 0.25) is 5.91 Å². The number of hydrogen-bond donors (Lipinski definition) is 0. The lowest BCUT2D eigenvalue weighted by Gasteiger charge is -2.28. The molecule has 1 aromatic rings. The van der Waals surface area contributed by atoms with Crippen molar-refractivity contribution in [2.45, 2.75) is 6.42 Å². The normalized spacial score (nSPS) is 21.4. The average Bonchev–Trinajstić information content (AvgIpc) is 2.45. The van der Waals surface area contributed by atoms with Crippen molar-refractivity contribution in [2.75, 3.05) is 0 Å². The van der Waals surface area contributed by atoms with Gasteiger partial charge in [-0.05, 0) is 24.1 Å². The number of aliphatic imine (C=N–C) groups is 1. The molecule has 0 fully saturated rings. The van der Waals surface area contributed by atoms with Crippen molar-refractivity contribution in [3.8, 4) is 0 Å². The number of carbonyl (C=O) groups excluding carboxylic acids is 2. The van der Waals surface area contributed by atoms with Crippen molar-refractivity contribution in [3.63, 3.8) is 0 Å². The highest BCUT2D eigenvalue weighted by atomic mass is 16.2. The lowest BCUT2D eigenvalue weighted by atomic mass is 9.95. The Labute approximate surface area is 110 Å². The lowest BCUT2D eigenvalue weighted by molar-refractivity contribution is -0.137. The van der Waals surface area contributed by atoms with Crippen LogP contribution in [0.2, 0.25) is 0 Å². The van der Waals surface area contributed by atoms with E-state index < -0.39 is 5.92 Å². The summed E-state index contributed by atoms with van der Waals surface area (Å²) in [6.45, 7) is 0. The molecule has 0 N–H and O–H groups in total. The van der Waals surface area contributed by atoms with Gasteiger partial charge in [-0.25, -0.2) is 0 Å². The fourth-order valence-corrected chi connectivity index (χ4v) is 2.20. The van der Waals surface area contributed by atoms with Gasteiger partial charge >= 0.3 is 0 Å². The molecule has 4 heteroatoms. The molecule has 0 aliphatic carbocycles. The smallest absolute Gasteiger partial charge is 0.260 e. The van der Waals surface area contributed by atoms with Crippen LogP contribution in [0.15, 0.2) is 59.8 Å². The molecule has 1 aromatic carbocycles. The van der Waals surface area contributed by atoms with Crippen LogP contribution in [0.1, 0.15) is 5.56 Å². The quantitative estimate of drug-likeness (QED) is 0.752. The van der Waals surface area contributed by atoms with Gasteiger partial charge in [0.05, 0.1) is 0 Å². The molecule has 2 aliphatic rings. The molecular weight excluding hydrogens is 240 g/mol. The van der Waals surface area contributed by atoms with Crippen LogP contribution in [0.3, 0.4) is 0 Å². The molecule has 94 valence electrons. The first-order valence-electron chi connectivity index (χ1n) is 6.10. The number of hydrogen-bond acceptors (Lipinski definition) is 2. The number of amidine groups is 1. The maximum Gasteiger partial charge on any atom is 0.260 e. The molecule has 0 radical (unpaired) electrons. The molecule has 0 unspecified atom stereocenters. The lowest BCUT2D eigenvalue weighted by Crippen LogP contribution is -2.45. The van der Waals surface area contributed by atoms with Crippen molar-refractivity contribution in [1.29, 1.82) is 0 Å². The summed E-state index contributed by atoms with van der Waals surface area (Å²) in [6, 6.07) is 9.51. The van der Waals surface area contributed by atoms with Crippen LogP contribution >= 0.6 is 0 Å². The number of carbonyl (C=O) groups is 2. The zero-order chi connectivity index (χ0) is 13.2. The van der Waals surface area contributed by atoms with Crippen LogP contribution in [0.25, 0.3) is 0 Å². The summed E-state index contributed by atoms with van der Waals surface area (Å²) in [5.74, 6) is -0.886. The van der Waals surface area contributed by atoms with E-state index in [1.165, 1.54) is 4.90 Å². The molecule has 1 atom stereocenters. The zero-order valence-electron chi connectivity index (χ0n) is 10.2. The number of allylic oxidation sites excluding steroid dienone is 2. The summed E-state index contributed by atoms with van der Waals surface area (Å²) in [5.41, 5.74) is 0.962. The van der Waals surface area contributed by atoms with E-state index in [0.717, 1.165) is 5.56 Å². The fraction of sp³-hybridized carbons (Fsp3) is 0.133. The van der Waals surface area contributed by atoms with Gasteiger partial charge in [0, 0.05) is 6.20 Å². The summed E-state index contributed by atoms with van der Waals surface area (Å²) in [7, 11) is 0. The number of fused-ring (bicyclic) bond motifs is 1. The molecule has 2 heterocycles. The maximum atomic E-state index is 12.3. The molecule has 0 saturated carbocycles. The molecular formula is C15H12N2O2. The second-order valence-corrected chi connectivity index (χ2v) is 4.46. The standard InChI is InChI=1S/C15H12N2O2/c18-14-12(10-11-6-2-1-3-7-11)15(19)17-9-5-4-8-13(17)16-14/h1-9,12H,10H2/t12-/m0/s1. The SMILES string of the molecule is O=C1N=C2C=CC=CN2C(=O)[C@H]1Cc1ccccc1. The van der Waals surface area contributed by atoms with E-state index in [1.54, 1.807) is 24.4 Å². The first-order valence-corrected chi connectivity index (χ1v) is 6.10. The fourth-order valence-electron chi connectivity index (χ4n) is 2.20. The molecule has 4 nitrogen and oxygen atoms in total. The summed E-state index contributed by atoms with van der Waals surface area (Å²) >= 11 is 0. The third kappa shape index (κ3) is 2.12. The Kier molecular flexibility index (Phi) is 2.83. The number of benzene rings is 1. The number of amides is 2. The Morgan fingerprint density at radius 2 is 1.89 bits per heavy atom. The monoisotopic (exact) mass is 252 g/mol. The Bertz CT molecular complexity index is 614. The topological polar surface area (TPSA) is 49.7 Å². The molecule has 0 saturated heterocycles. The van der Waals surface area contributed by atoms with Crippen molar-refractivity contribution < 1.29 is 9.59 Å². The first kappa shape index (κ1) is 11.6. The van der Waals surface area contributed by atoms with Gasteiger partial charge in [0.1, 0.15) is 11.8 Å². The van der Waals surface area contributed by atoms with E-state index in [1.807, 2.05) is 30.3 Å². The Morgan fingerprint density at radius 1 is 1.11 bits per heavy atom. The highest BCUT2D eigenvalue weighted by Gasteiger charge is 2.36. The molecule has 2 amide bonds. The minimum Gasteiger partial charge on any atom is -0.273 e. The second-order valence-electron chi connectivity index (χ2n) is 4.46. The third-order valence-electron chi connectivity index (χ3n) is 3.18. The van der Waals surface area contributed by atoms with E-state index in [4.69, 9.17) is 0 Å². The number of rotatable bonds is 2. The molecule has 0 bridgehead atoms. The van der Waals surface area contributed by atoms with Gasteiger partial charge in [-0.1, -0.05) is 36.4 Å². The average molecular weight is 252 g/mol. The molecule has 19 heavy (non-hydrogen) atoms. The maximum absolute atomic E-state index is 12.3. The van der Waals surface area contributed by atoms with Crippen molar-refractivity contribution in [1.82, 2.24) is 4.90 Å². The summed E-state index contributed by atoms with van der Waals surface area (Å²) < 4.78 is 0. The third-order valence-corrected chi connectivity index (χ3v) is 3.18. The van der Waals surface area contributed by atoms with Crippen molar-refractivity contribution in [2.24, 2.45) is 10.9 Å². The van der Waals surface area contributed by atoms with E-state index >= 15 is 0 Å². The van der Waals surface area contributed by atoms with E-state index in [0.29, 0.717) is 12.3 Å². The minimum absolute atomic E-state index is 0.209. The van der Waals surface area contributed by atoms with Gasteiger partial charge in [0.25, 0.3) is 5.91 Å². The van der Waals surface area contributed by atoms with Crippen LogP contribution < -0.4 is 0 Å². The van der Waals surface area contributed by atoms with E-state index in [9.17, 15) is 9.59 Å².